The highest BCUT2D eigenvalue weighted by molar-refractivity contribution is 7.86. The van der Waals surface area contributed by atoms with Crippen LogP contribution < -0.4 is 0 Å². The molecule has 1 fully saturated rings. The second kappa shape index (κ2) is 7.70. The largest absolute Gasteiger partial charge is 0.743 e. The van der Waals surface area contributed by atoms with E-state index in [4.69, 9.17) is 0 Å². The van der Waals surface area contributed by atoms with Crippen molar-refractivity contribution in [2.24, 2.45) is 0 Å². The van der Waals surface area contributed by atoms with Crippen LogP contribution in [0.3, 0.4) is 0 Å². The van der Waals surface area contributed by atoms with Crippen LogP contribution in [0.25, 0.3) is 0 Å². The minimum Gasteiger partial charge on any atom is -0.743 e. The van der Waals surface area contributed by atoms with E-state index in [0.29, 0.717) is 0 Å². The molecule has 0 N–H and O–H groups in total. The molecule has 0 aromatic rings. The monoisotopic (exact) mass is 427 g/mol. The van der Waals surface area contributed by atoms with Crippen LogP contribution in [0.2, 0.25) is 0 Å². The number of halogens is 9. The van der Waals surface area contributed by atoms with Gasteiger partial charge in [0, 0.05) is 12.8 Å². The fourth-order valence-electron chi connectivity index (χ4n) is 2.38. The van der Waals surface area contributed by atoms with Gasteiger partial charge in [-0.25, -0.2) is 8.42 Å². The molecule has 0 aromatic heterocycles. The first-order valence-electron chi connectivity index (χ1n) is 7.26. The van der Waals surface area contributed by atoms with Crippen molar-refractivity contribution in [3.8, 4) is 0 Å². The van der Waals surface area contributed by atoms with Crippen molar-refractivity contribution in [2.75, 3.05) is 26.7 Å². The third-order valence-corrected chi connectivity index (χ3v) is 4.72. The molecule has 0 atom stereocenters. The quantitative estimate of drug-likeness (QED) is 0.383. The minimum atomic E-state index is -7.43. The Morgan fingerprint density at radius 1 is 0.885 bits per heavy atom. The summed E-state index contributed by atoms with van der Waals surface area (Å²) in [7, 11) is -5.03. The molecule has 14 heteroatoms. The average molecular weight is 427 g/mol. The Morgan fingerprint density at radius 2 is 1.27 bits per heavy atom. The highest BCUT2D eigenvalue weighted by Gasteiger charge is 2.83. The maximum absolute atomic E-state index is 12.2. The molecule has 1 saturated heterocycles. The van der Waals surface area contributed by atoms with Gasteiger partial charge in [0.1, 0.15) is 0 Å². The Bertz CT molecular complexity index is 569. The van der Waals surface area contributed by atoms with Crippen LogP contribution in [-0.4, -0.2) is 67.4 Å². The molecule has 1 aliphatic rings. The molecule has 0 radical (unpaired) electrons. The normalized spacial score (nSPS) is 19.1. The number of hydrogen-bond donors (Lipinski definition) is 0. The van der Waals surface area contributed by atoms with E-state index >= 15 is 0 Å². The fraction of sp³-hybridized carbons (Fsp3) is 1.00. The summed E-state index contributed by atoms with van der Waals surface area (Å²) in [5, 5.41) is -7.11. The van der Waals surface area contributed by atoms with E-state index in [1.807, 2.05) is 0 Å². The van der Waals surface area contributed by atoms with Crippen molar-refractivity contribution >= 4 is 10.1 Å². The third kappa shape index (κ3) is 4.94. The van der Waals surface area contributed by atoms with Gasteiger partial charge in [-0.2, -0.15) is 39.5 Å². The Labute approximate surface area is 144 Å². The van der Waals surface area contributed by atoms with Gasteiger partial charge in [0.05, 0.1) is 26.7 Å². The summed E-state index contributed by atoms with van der Waals surface area (Å²) in [6.45, 7) is 6.52. The molecule has 0 aliphatic carbocycles. The van der Waals surface area contributed by atoms with Crippen LogP contribution in [0, 0.1) is 0 Å². The molecule has 0 unspecified atom stereocenters. The molecule has 0 saturated carbocycles. The van der Waals surface area contributed by atoms with Crippen molar-refractivity contribution in [1.29, 1.82) is 0 Å². The summed E-state index contributed by atoms with van der Waals surface area (Å²) < 4.78 is 137. The first-order valence-corrected chi connectivity index (χ1v) is 8.67. The van der Waals surface area contributed by atoms with Crippen molar-refractivity contribution in [3.05, 3.63) is 0 Å². The Hall–Kier alpha value is -0.760. The van der Waals surface area contributed by atoms with E-state index in [0.717, 1.165) is 0 Å². The molecule has 1 heterocycles. The molecule has 158 valence electrons. The summed E-state index contributed by atoms with van der Waals surface area (Å²) in [5.41, 5.74) is 0. The van der Waals surface area contributed by atoms with Crippen LogP contribution in [0.4, 0.5) is 39.5 Å². The van der Waals surface area contributed by atoms with Gasteiger partial charge in [-0.05, 0) is 6.42 Å². The van der Waals surface area contributed by atoms with E-state index in [9.17, 15) is 52.5 Å². The average Bonchev–Trinajstić information content (AvgIpc) is 2.83. The lowest BCUT2D eigenvalue weighted by Crippen LogP contribution is -2.63. The predicted octanol–water partition coefficient (Wildman–Crippen LogP) is 3.59. The standard InChI is InChI=1S/C8H18N.C4HF9O3S/c1-3-6-9(2)7-4-5-8-9;5-1(6,3(9,10)11)2(7,8)4(12,13)17(14,15)16/h3-8H2,1-2H3;(H,14,15,16)/q+1;/p-1. The molecule has 1 aliphatic heterocycles. The number of hydrogen-bond acceptors (Lipinski definition) is 3. The Morgan fingerprint density at radius 3 is 1.54 bits per heavy atom. The highest BCUT2D eigenvalue weighted by atomic mass is 32.2. The summed E-state index contributed by atoms with van der Waals surface area (Å²) in [4.78, 5) is 0. The lowest BCUT2D eigenvalue weighted by molar-refractivity contribution is -0.897. The van der Waals surface area contributed by atoms with Crippen LogP contribution in [0.5, 0.6) is 0 Å². The van der Waals surface area contributed by atoms with Gasteiger partial charge in [0.25, 0.3) is 0 Å². The first-order chi connectivity index (χ1) is 11.3. The Balaban J connectivity index is 0.000000577. The van der Waals surface area contributed by atoms with Crippen molar-refractivity contribution in [2.45, 2.75) is 49.5 Å². The van der Waals surface area contributed by atoms with Crippen LogP contribution in [0.15, 0.2) is 0 Å². The number of quaternary nitrogens is 1. The number of alkyl halides is 9. The highest BCUT2D eigenvalue weighted by Crippen LogP contribution is 2.54. The van der Waals surface area contributed by atoms with Gasteiger partial charge in [-0.3, -0.25) is 0 Å². The molecule has 0 aromatic carbocycles. The van der Waals surface area contributed by atoms with E-state index in [-0.39, 0.29) is 0 Å². The first kappa shape index (κ1) is 25.2. The van der Waals surface area contributed by atoms with E-state index in [1.54, 1.807) is 0 Å². The van der Waals surface area contributed by atoms with Crippen molar-refractivity contribution in [1.82, 2.24) is 0 Å². The molecule has 0 bridgehead atoms. The van der Waals surface area contributed by atoms with E-state index in [1.165, 1.54) is 43.4 Å². The number of likely N-dealkylation sites (tertiary alicyclic amines) is 1. The second-order valence-electron chi connectivity index (χ2n) is 6.11. The smallest absolute Gasteiger partial charge is 0.460 e. The molecular formula is C12H18F9NO3S. The minimum absolute atomic E-state index is 1.34. The van der Waals surface area contributed by atoms with Crippen molar-refractivity contribution < 1.29 is 57.0 Å². The van der Waals surface area contributed by atoms with Gasteiger partial charge in [0.2, 0.25) is 0 Å². The molecule has 4 nitrogen and oxygen atoms in total. The van der Waals surface area contributed by atoms with E-state index < -0.39 is 33.4 Å². The van der Waals surface area contributed by atoms with Gasteiger partial charge >= 0.3 is 23.3 Å². The van der Waals surface area contributed by atoms with Crippen LogP contribution >= 0.6 is 0 Å². The van der Waals surface area contributed by atoms with Gasteiger partial charge in [-0.1, -0.05) is 6.92 Å². The maximum Gasteiger partial charge on any atom is 0.460 e. The summed E-state index contributed by atoms with van der Waals surface area (Å²) in [6, 6.07) is 0. The lowest BCUT2D eigenvalue weighted by Gasteiger charge is -2.34. The SMILES string of the molecule is CCC[N+]1(C)CCCC1.O=S(=O)([O-])C(F)(F)C(F)(F)C(F)(F)C(F)(F)F. The Kier molecular flexibility index (Phi) is 7.47. The predicted molar refractivity (Wildman–Crippen MR) is 70.9 cm³/mol. The number of nitrogens with zero attached hydrogens (tertiary/aromatic N) is 1. The second-order valence-corrected chi connectivity index (χ2v) is 7.54. The maximum atomic E-state index is 12.2. The molecule has 1 rings (SSSR count). The molecule has 0 spiro atoms. The molecule has 26 heavy (non-hydrogen) atoms. The zero-order chi connectivity index (χ0) is 21.2. The fourth-order valence-corrected chi connectivity index (χ4v) is 2.82. The number of rotatable bonds is 5. The van der Waals surface area contributed by atoms with E-state index in [2.05, 4.69) is 14.0 Å². The van der Waals surface area contributed by atoms with Gasteiger partial charge in [0.15, 0.2) is 10.1 Å². The zero-order valence-corrected chi connectivity index (χ0v) is 14.5. The summed E-state index contributed by atoms with van der Waals surface area (Å²) >= 11 is 0. The summed E-state index contributed by atoms with van der Waals surface area (Å²) in [5.74, 6) is -14.8. The summed E-state index contributed by atoms with van der Waals surface area (Å²) in [6.07, 6.45) is -2.91. The van der Waals surface area contributed by atoms with Crippen molar-refractivity contribution in [3.63, 3.8) is 0 Å². The van der Waals surface area contributed by atoms with Gasteiger partial charge < -0.3 is 9.04 Å². The van der Waals surface area contributed by atoms with Crippen LogP contribution in [-0.2, 0) is 10.1 Å². The third-order valence-electron chi connectivity index (χ3n) is 3.84. The molecule has 0 amide bonds. The topological polar surface area (TPSA) is 57.2 Å². The van der Waals surface area contributed by atoms with Gasteiger partial charge in [-0.15, -0.1) is 0 Å². The molecular weight excluding hydrogens is 409 g/mol. The zero-order valence-electron chi connectivity index (χ0n) is 13.7. The lowest BCUT2D eigenvalue weighted by atomic mass is 10.1. The van der Waals surface area contributed by atoms with Crippen LogP contribution in [0.1, 0.15) is 26.2 Å².